The summed E-state index contributed by atoms with van der Waals surface area (Å²) in [4.78, 5) is 40.0. The van der Waals surface area contributed by atoms with Gasteiger partial charge < -0.3 is 20.2 Å². The molecule has 1 heterocycles. The summed E-state index contributed by atoms with van der Waals surface area (Å²) in [6.07, 6.45) is 3.13. The lowest BCUT2D eigenvalue weighted by molar-refractivity contribution is -0.152. The fourth-order valence-corrected chi connectivity index (χ4v) is 3.46. The largest absolute Gasteiger partial charge is 0.480 e. The van der Waals surface area contributed by atoms with E-state index in [4.69, 9.17) is 0 Å². The standard InChI is InChI=1S/C19H25N3O4/c1-13(18(24)25)22(16-9-10-16)17(23)14-6-5-11-21(12-14)19(26)20-15-7-3-2-4-8-15/h2-4,7-8,13-14,16H,5-6,9-12H2,1H3,(H,20,26)(H,24,25). The second-order valence-corrected chi connectivity index (χ2v) is 7.07. The number of para-hydroxylation sites is 1. The summed E-state index contributed by atoms with van der Waals surface area (Å²) >= 11 is 0. The van der Waals surface area contributed by atoms with Gasteiger partial charge in [0.05, 0.1) is 5.92 Å². The molecular weight excluding hydrogens is 334 g/mol. The van der Waals surface area contributed by atoms with Gasteiger partial charge in [0.1, 0.15) is 6.04 Å². The van der Waals surface area contributed by atoms with Crippen LogP contribution >= 0.6 is 0 Å². The van der Waals surface area contributed by atoms with Crippen LogP contribution in [0.5, 0.6) is 0 Å². The molecule has 3 amide bonds. The number of piperidine rings is 1. The zero-order valence-corrected chi connectivity index (χ0v) is 14.9. The van der Waals surface area contributed by atoms with Crippen LogP contribution in [0.4, 0.5) is 10.5 Å². The van der Waals surface area contributed by atoms with E-state index in [1.54, 1.807) is 11.8 Å². The number of nitrogens with one attached hydrogen (secondary N) is 1. The van der Waals surface area contributed by atoms with Gasteiger partial charge in [0, 0.05) is 24.8 Å². The van der Waals surface area contributed by atoms with Crippen LogP contribution in [0.15, 0.2) is 30.3 Å². The zero-order valence-electron chi connectivity index (χ0n) is 14.9. The predicted molar refractivity (Wildman–Crippen MR) is 96.7 cm³/mol. The molecule has 1 saturated carbocycles. The SMILES string of the molecule is CC(C(=O)O)N(C(=O)C1CCCN(C(=O)Nc2ccccc2)C1)C1CC1. The second kappa shape index (κ2) is 7.76. The number of hydrogen-bond acceptors (Lipinski definition) is 3. The van der Waals surface area contributed by atoms with Crippen molar-refractivity contribution in [3.63, 3.8) is 0 Å². The van der Waals surface area contributed by atoms with E-state index in [2.05, 4.69) is 5.32 Å². The van der Waals surface area contributed by atoms with E-state index in [1.165, 1.54) is 4.90 Å². The summed E-state index contributed by atoms with van der Waals surface area (Å²) in [6, 6.07) is 8.17. The Balaban J connectivity index is 1.64. The van der Waals surface area contributed by atoms with Gasteiger partial charge in [-0.05, 0) is 44.7 Å². The number of hydrogen-bond donors (Lipinski definition) is 2. The third kappa shape index (κ3) is 4.15. The lowest BCUT2D eigenvalue weighted by atomic mass is 9.96. The van der Waals surface area contributed by atoms with Crippen molar-refractivity contribution in [2.75, 3.05) is 18.4 Å². The summed E-state index contributed by atoms with van der Waals surface area (Å²) in [5.41, 5.74) is 0.713. The van der Waals surface area contributed by atoms with Gasteiger partial charge in [0.15, 0.2) is 0 Å². The predicted octanol–water partition coefficient (Wildman–Crippen LogP) is 2.39. The van der Waals surface area contributed by atoms with E-state index >= 15 is 0 Å². The summed E-state index contributed by atoms with van der Waals surface area (Å²) in [7, 11) is 0. The first-order valence-corrected chi connectivity index (χ1v) is 9.13. The summed E-state index contributed by atoms with van der Waals surface area (Å²) in [6.45, 7) is 2.48. The number of rotatable bonds is 5. The first kappa shape index (κ1) is 18.2. The number of aliphatic carboxylic acids is 1. The highest BCUT2D eigenvalue weighted by atomic mass is 16.4. The minimum absolute atomic E-state index is 0.0297. The van der Waals surface area contributed by atoms with Crippen molar-refractivity contribution in [1.82, 2.24) is 9.80 Å². The number of anilines is 1. The van der Waals surface area contributed by atoms with Gasteiger partial charge in [-0.3, -0.25) is 4.79 Å². The molecule has 0 spiro atoms. The summed E-state index contributed by atoms with van der Waals surface area (Å²) in [5.74, 6) is -1.47. The first-order chi connectivity index (χ1) is 12.5. The maximum atomic E-state index is 13.0. The third-order valence-electron chi connectivity index (χ3n) is 5.05. The first-order valence-electron chi connectivity index (χ1n) is 9.13. The highest BCUT2D eigenvalue weighted by Gasteiger charge is 2.42. The number of carbonyl (C=O) groups excluding carboxylic acids is 2. The molecule has 1 aliphatic carbocycles. The molecule has 0 aromatic heterocycles. The van der Waals surface area contributed by atoms with Crippen molar-refractivity contribution in [3.8, 4) is 0 Å². The molecule has 2 unspecified atom stereocenters. The van der Waals surface area contributed by atoms with Crippen LogP contribution in [0.3, 0.4) is 0 Å². The molecule has 1 aromatic rings. The van der Waals surface area contributed by atoms with Gasteiger partial charge in [-0.25, -0.2) is 9.59 Å². The highest BCUT2D eigenvalue weighted by Crippen LogP contribution is 2.32. The molecule has 1 aliphatic heterocycles. The maximum absolute atomic E-state index is 13.0. The number of likely N-dealkylation sites (tertiary alicyclic amines) is 1. The molecule has 2 atom stereocenters. The maximum Gasteiger partial charge on any atom is 0.326 e. The van der Waals surface area contributed by atoms with E-state index in [1.807, 2.05) is 30.3 Å². The number of benzene rings is 1. The van der Waals surface area contributed by atoms with Crippen LogP contribution in [-0.2, 0) is 9.59 Å². The van der Waals surface area contributed by atoms with Crippen LogP contribution in [0, 0.1) is 5.92 Å². The van der Waals surface area contributed by atoms with Crippen LogP contribution < -0.4 is 5.32 Å². The fourth-order valence-electron chi connectivity index (χ4n) is 3.46. The fraction of sp³-hybridized carbons (Fsp3) is 0.526. The lowest BCUT2D eigenvalue weighted by Crippen LogP contribution is -2.52. The van der Waals surface area contributed by atoms with Gasteiger partial charge in [0.2, 0.25) is 5.91 Å². The molecule has 140 valence electrons. The Morgan fingerprint density at radius 1 is 1.19 bits per heavy atom. The van der Waals surface area contributed by atoms with Crippen molar-refractivity contribution in [3.05, 3.63) is 30.3 Å². The minimum atomic E-state index is -0.986. The number of nitrogens with zero attached hydrogens (tertiary/aromatic N) is 2. The van der Waals surface area contributed by atoms with E-state index in [-0.39, 0.29) is 23.9 Å². The van der Waals surface area contributed by atoms with E-state index in [0.717, 1.165) is 19.3 Å². The minimum Gasteiger partial charge on any atom is -0.480 e. The van der Waals surface area contributed by atoms with Crippen molar-refractivity contribution >= 4 is 23.6 Å². The number of urea groups is 1. The molecule has 2 aliphatic rings. The monoisotopic (exact) mass is 359 g/mol. The Morgan fingerprint density at radius 2 is 1.88 bits per heavy atom. The molecule has 0 radical (unpaired) electrons. The van der Waals surface area contributed by atoms with E-state index < -0.39 is 12.0 Å². The van der Waals surface area contributed by atoms with E-state index in [9.17, 15) is 19.5 Å². The van der Waals surface area contributed by atoms with Crippen molar-refractivity contribution < 1.29 is 19.5 Å². The topological polar surface area (TPSA) is 90.0 Å². The van der Waals surface area contributed by atoms with Gasteiger partial charge in [-0.1, -0.05) is 18.2 Å². The summed E-state index contributed by atoms with van der Waals surface area (Å²) < 4.78 is 0. The van der Waals surface area contributed by atoms with Crippen LogP contribution in [0.25, 0.3) is 0 Å². The van der Waals surface area contributed by atoms with Gasteiger partial charge >= 0.3 is 12.0 Å². The van der Waals surface area contributed by atoms with Crippen molar-refractivity contribution in [2.45, 2.75) is 44.7 Å². The molecule has 3 rings (SSSR count). The third-order valence-corrected chi connectivity index (χ3v) is 5.05. The van der Waals surface area contributed by atoms with Crippen LogP contribution in [0.2, 0.25) is 0 Å². The zero-order chi connectivity index (χ0) is 18.7. The smallest absolute Gasteiger partial charge is 0.326 e. The Morgan fingerprint density at radius 3 is 2.50 bits per heavy atom. The van der Waals surface area contributed by atoms with Gasteiger partial charge in [-0.15, -0.1) is 0 Å². The van der Waals surface area contributed by atoms with E-state index in [0.29, 0.717) is 25.2 Å². The average molecular weight is 359 g/mol. The quantitative estimate of drug-likeness (QED) is 0.845. The number of amides is 3. The Labute approximate surface area is 153 Å². The molecule has 26 heavy (non-hydrogen) atoms. The number of carbonyl (C=O) groups is 3. The molecule has 1 saturated heterocycles. The van der Waals surface area contributed by atoms with Gasteiger partial charge in [0.25, 0.3) is 0 Å². The lowest BCUT2D eigenvalue weighted by Gasteiger charge is -2.36. The van der Waals surface area contributed by atoms with Crippen LogP contribution in [0.1, 0.15) is 32.6 Å². The Kier molecular flexibility index (Phi) is 5.44. The number of carboxylic acid groups (broad SMARTS) is 1. The normalized spacial score (nSPS) is 21.0. The molecular formula is C19H25N3O4. The second-order valence-electron chi connectivity index (χ2n) is 7.07. The molecule has 2 fully saturated rings. The van der Waals surface area contributed by atoms with Crippen molar-refractivity contribution in [2.24, 2.45) is 5.92 Å². The Bertz CT molecular complexity index is 675. The van der Waals surface area contributed by atoms with Crippen molar-refractivity contribution in [1.29, 1.82) is 0 Å². The molecule has 7 heteroatoms. The van der Waals surface area contributed by atoms with Gasteiger partial charge in [-0.2, -0.15) is 0 Å². The summed E-state index contributed by atoms with van der Waals surface area (Å²) in [5, 5.41) is 12.2. The molecule has 1 aromatic carbocycles. The molecule has 0 bridgehead atoms. The molecule has 7 nitrogen and oxygen atoms in total. The number of carboxylic acids is 1. The average Bonchev–Trinajstić information content (AvgIpc) is 3.47. The highest BCUT2D eigenvalue weighted by molar-refractivity contribution is 5.90. The Hall–Kier alpha value is -2.57. The van der Waals surface area contributed by atoms with Crippen LogP contribution in [-0.4, -0.2) is 58.0 Å². The molecule has 2 N–H and O–H groups in total.